The quantitative estimate of drug-likeness (QED) is 0.848. The van der Waals surface area contributed by atoms with Crippen molar-refractivity contribution >= 4 is 11.8 Å². The lowest BCUT2D eigenvalue weighted by Gasteiger charge is -2.30. The second-order valence-electron chi connectivity index (χ2n) is 5.56. The summed E-state index contributed by atoms with van der Waals surface area (Å²) in [6.45, 7) is 6.23. The first-order chi connectivity index (χ1) is 9.47. The van der Waals surface area contributed by atoms with Gasteiger partial charge in [-0.1, -0.05) is 23.8 Å². The molecule has 1 N–H and O–H groups in total. The van der Waals surface area contributed by atoms with E-state index in [1.54, 1.807) is 18.0 Å². The van der Waals surface area contributed by atoms with E-state index < -0.39 is 6.10 Å². The van der Waals surface area contributed by atoms with Gasteiger partial charge in [-0.2, -0.15) is 0 Å². The molecule has 20 heavy (non-hydrogen) atoms. The van der Waals surface area contributed by atoms with Crippen molar-refractivity contribution < 1.29 is 5.11 Å². The van der Waals surface area contributed by atoms with Crippen molar-refractivity contribution in [2.24, 2.45) is 0 Å². The van der Waals surface area contributed by atoms with E-state index >= 15 is 0 Å². The molecule has 1 unspecified atom stereocenters. The van der Waals surface area contributed by atoms with Crippen LogP contribution in [0.25, 0.3) is 0 Å². The Bertz CT molecular complexity index is 537. The third kappa shape index (κ3) is 4.09. The van der Waals surface area contributed by atoms with E-state index in [0.29, 0.717) is 6.42 Å². The molecule has 2 nitrogen and oxygen atoms in total. The lowest BCUT2D eigenvalue weighted by Crippen LogP contribution is -2.34. The number of pyridine rings is 1. The summed E-state index contributed by atoms with van der Waals surface area (Å²) in [4.78, 5) is 5.46. The number of hydrogen-bond acceptors (Lipinski definition) is 3. The van der Waals surface area contributed by atoms with Crippen LogP contribution in [0.5, 0.6) is 0 Å². The highest BCUT2D eigenvalue weighted by Gasteiger charge is 2.29. The average molecular weight is 287 g/mol. The fourth-order valence-corrected chi connectivity index (χ4v) is 3.04. The Morgan fingerprint density at radius 3 is 2.45 bits per heavy atom. The Hall–Kier alpha value is -1.32. The Morgan fingerprint density at radius 1 is 1.15 bits per heavy atom. The molecule has 1 aromatic heterocycles. The first kappa shape index (κ1) is 15.1. The SMILES string of the molecule is Cc1ccc(SC(C)(C)C(O)Cc2ccccn2)cc1. The van der Waals surface area contributed by atoms with Gasteiger partial charge < -0.3 is 5.11 Å². The fourth-order valence-electron chi connectivity index (χ4n) is 1.94. The summed E-state index contributed by atoms with van der Waals surface area (Å²) in [5, 5.41) is 10.5. The van der Waals surface area contributed by atoms with Crippen molar-refractivity contribution in [3.05, 3.63) is 59.9 Å². The van der Waals surface area contributed by atoms with E-state index in [-0.39, 0.29) is 4.75 Å². The molecule has 1 heterocycles. The van der Waals surface area contributed by atoms with Gasteiger partial charge in [-0.25, -0.2) is 0 Å². The smallest absolute Gasteiger partial charge is 0.0740 e. The molecule has 3 heteroatoms. The molecule has 0 saturated carbocycles. The first-order valence-electron chi connectivity index (χ1n) is 6.81. The van der Waals surface area contributed by atoms with Gasteiger partial charge in [0.15, 0.2) is 0 Å². The van der Waals surface area contributed by atoms with Crippen LogP contribution in [0.3, 0.4) is 0 Å². The number of aliphatic hydroxyl groups is 1. The molecule has 2 rings (SSSR count). The van der Waals surface area contributed by atoms with Crippen molar-refractivity contribution in [2.75, 3.05) is 0 Å². The monoisotopic (exact) mass is 287 g/mol. The van der Waals surface area contributed by atoms with Gasteiger partial charge in [0.25, 0.3) is 0 Å². The van der Waals surface area contributed by atoms with Gasteiger partial charge in [0.1, 0.15) is 0 Å². The van der Waals surface area contributed by atoms with Crippen molar-refractivity contribution in [2.45, 2.75) is 42.9 Å². The molecule has 0 aliphatic heterocycles. The normalized spacial score (nSPS) is 13.2. The maximum atomic E-state index is 10.5. The van der Waals surface area contributed by atoms with Gasteiger partial charge in [-0.15, -0.1) is 11.8 Å². The van der Waals surface area contributed by atoms with Crippen molar-refractivity contribution in [3.63, 3.8) is 0 Å². The summed E-state index contributed by atoms with van der Waals surface area (Å²) in [5.74, 6) is 0. The second-order valence-corrected chi connectivity index (χ2v) is 7.29. The number of aryl methyl sites for hydroxylation is 1. The first-order valence-corrected chi connectivity index (χ1v) is 7.63. The molecule has 0 aliphatic carbocycles. The molecule has 0 amide bonds. The second kappa shape index (κ2) is 6.42. The van der Waals surface area contributed by atoms with E-state index in [1.165, 1.54) is 10.5 Å². The lowest BCUT2D eigenvalue weighted by atomic mass is 10.0. The zero-order chi connectivity index (χ0) is 14.6. The highest BCUT2D eigenvalue weighted by molar-refractivity contribution is 8.00. The molecule has 0 saturated heterocycles. The molecule has 0 bridgehead atoms. The summed E-state index contributed by atoms with van der Waals surface area (Å²) in [5.41, 5.74) is 2.18. The van der Waals surface area contributed by atoms with Gasteiger partial charge in [-0.05, 0) is 45.0 Å². The summed E-state index contributed by atoms with van der Waals surface area (Å²) in [7, 11) is 0. The van der Waals surface area contributed by atoms with E-state index in [2.05, 4.69) is 50.0 Å². The Balaban J connectivity index is 2.03. The molecule has 0 spiro atoms. The molecule has 0 radical (unpaired) electrons. The van der Waals surface area contributed by atoms with Crippen LogP contribution in [0.1, 0.15) is 25.1 Å². The Labute approximate surface area is 125 Å². The number of benzene rings is 1. The van der Waals surface area contributed by atoms with E-state index in [9.17, 15) is 5.11 Å². The number of nitrogens with zero attached hydrogens (tertiary/aromatic N) is 1. The van der Waals surface area contributed by atoms with Crippen LogP contribution in [-0.4, -0.2) is 20.9 Å². The largest absolute Gasteiger partial charge is 0.391 e. The topological polar surface area (TPSA) is 33.1 Å². The number of hydrogen-bond donors (Lipinski definition) is 1. The summed E-state index contributed by atoms with van der Waals surface area (Å²) in [6, 6.07) is 14.2. The molecule has 1 aromatic carbocycles. The highest BCUT2D eigenvalue weighted by atomic mass is 32.2. The van der Waals surface area contributed by atoms with Gasteiger partial charge >= 0.3 is 0 Å². The van der Waals surface area contributed by atoms with Crippen LogP contribution in [0.4, 0.5) is 0 Å². The predicted molar refractivity (Wildman–Crippen MR) is 85.1 cm³/mol. The van der Waals surface area contributed by atoms with Crippen LogP contribution in [0, 0.1) is 6.92 Å². The Morgan fingerprint density at radius 2 is 1.85 bits per heavy atom. The minimum atomic E-state index is -0.441. The van der Waals surface area contributed by atoms with Crippen LogP contribution >= 0.6 is 11.8 Å². The van der Waals surface area contributed by atoms with Crippen molar-refractivity contribution in [3.8, 4) is 0 Å². The van der Waals surface area contributed by atoms with E-state index in [0.717, 1.165) is 5.69 Å². The molecular weight excluding hydrogens is 266 g/mol. The standard InChI is InChI=1S/C17H21NOS/c1-13-7-9-15(10-8-13)20-17(2,3)16(19)12-14-6-4-5-11-18-14/h4-11,16,19H,12H2,1-3H3. The number of rotatable bonds is 5. The molecular formula is C17H21NOS. The van der Waals surface area contributed by atoms with Crippen molar-refractivity contribution in [1.29, 1.82) is 0 Å². The molecule has 2 aromatic rings. The highest BCUT2D eigenvalue weighted by Crippen LogP contribution is 2.36. The van der Waals surface area contributed by atoms with Gasteiger partial charge in [0.05, 0.1) is 6.10 Å². The van der Waals surface area contributed by atoms with Crippen LogP contribution in [-0.2, 0) is 6.42 Å². The minimum Gasteiger partial charge on any atom is -0.391 e. The van der Waals surface area contributed by atoms with Gasteiger partial charge in [-0.3, -0.25) is 4.98 Å². The van der Waals surface area contributed by atoms with Crippen LogP contribution < -0.4 is 0 Å². The average Bonchev–Trinajstić information content (AvgIpc) is 2.42. The lowest BCUT2D eigenvalue weighted by molar-refractivity contribution is 0.141. The summed E-state index contributed by atoms with van der Waals surface area (Å²) >= 11 is 1.70. The number of thioether (sulfide) groups is 1. The molecule has 106 valence electrons. The zero-order valence-electron chi connectivity index (χ0n) is 12.2. The number of aromatic nitrogens is 1. The maximum absolute atomic E-state index is 10.5. The predicted octanol–water partition coefficient (Wildman–Crippen LogP) is 3.86. The Kier molecular flexibility index (Phi) is 4.84. The van der Waals surface area contributed by atoms with Crippen LogP contribution in [0.2, 0.25) is 0 Å². The summed E-state index contributed by atoms with van der Waals surface area (Å²) < 4.78 is -0.257. The fraction of sp³-hybridized carbons (Fsp3) is 0.353. The molecule has 0 aliphatic rings. The van der Waals surface area contributed by atoms with Gasteiger partial charge in [0, 0.05) is 28.0 Å². The van der Waals surface area contributed by atoms with Gasteiger partial charge in [0.2, 0.25) is 0 Å². The number of aliphatic hydroxyl groups excluding tert-OH is 1. The third-order valence-corrected chi connectivity index (χ3v) is 4.64. The third-order valence-electron chi connectivity index (χ3n) is 3.33. The van der Waals surface area contributed by atoms with Crippen LogP contribution in [0.15, 0.2) is 53.6 Å². The van der Waals surface area contributed by atoms with E-state index in [4.69, 9.17) is 0 Å². The van der Waals surface area contributed by atoms with Crippen molar-refractivity contribution in [1.82, 2.24) is 4.98 Å². The molecule has 1 atom stereocenters. The molecule has 0 fully saturated rings. The maximum Gasteiger partial charge on any atom is 0.0740 e. The zero-order valence-corrected chi connectivity index (χ0v) is 13.0. The van der Waals surface area contributed by atoms with E-state index in [1.807, 2.05) is 18.2 Å². The summed E-state index contributed by atoms with van der Waals surface area (Å²) in [6.07, 6.45) is 1.90. The minimum absolute atomic E-state index is 0.257.